The lowest BCUT2D eigenvalue weighted by atomic mass is 9.76. The zero-order chi connectivity index (χ0) is 10.4. The van der Waals surface area contributed by atoms with Crippen molar-refractivity contribution in [2.24, 2.45) is 5.41 Å². The van der Waals surface area contributed by atoms with Crippen LogP contribution in [-0.2, 0) is 9.53 Å². The summed E-state index contributed by atoms with van der Waals surface area (Å²) in [7, 11) is 0. The fourth-order valence-corrected chi connectivity index (χ4v) is 1.89. The zero-order valence-corrected chi connectivity index (χ0v) is 8.71. The van der Waals surface area contributed by atoms with Crippen LogP contribution in [0.4, 0.5) is 0 Å². The van der Waals surface area contributed by atoms with Gasteiger partial charge in [0.05, 0.1) is 5.41 Å². The molecule has 0 atom stereocenters. The molecule has 1 heterocycles. The van der Waals surface area contributed by atoms with Crippen molar-refractivity contribution in [3.8, 4) is 0 Å². The molecule has 0 aromatic heterocycles. The summed E-state index contributed by atoms with van der Waals surface area (Å²) in [6.45, 7) is 4.75. The summed E-state index contributed by atoms with van der Waals surface area (Å²) in [5.41, 5.74) is -0.541. The van der Waals surface area contributed by atoms with Crippen molar-refractivity contribution in [2.45, 2.75) is 26.2 Å². The van der Waals surface area contributed by atoms with Gasteiger partial charge in [0.25, 0.3) is 0 Å². The Bertz CT molecular complexity index is 188. The van der Waals surface area contributed by atoms with Gasteiger partial charge in [-0.2, -0.15) is 0 Å². The molecule has 0 saturated carbocycles. The van der Waals surface area contributed by atoms with Crippen LogP contribution in [-0.4, -0.2) is 37.4 Å². The normalized spacial score (nSPS) is 20.6. The number of carbonyl (C=O) groups is 1. The molecular formula is C10H19NO3. The Balaban J connectivity index is 2.47. The Morgan fingerprint density at radius 1 is 1.50 bits per heavy atom. The first-order valence-electron chi connectivity index (χ1n) is 5.23. The number of piperidine rings is 1. The first-order valence-corrected chi connectivity index (χ1v) is 5.23. The molecule has 1 aliphatic heterocycles. The van der Waals surface area contributed by atoms with Crippen LogP contribution < -0.4 is 5.32 Å². The third kappa shape index (κ3) is 2.69. The van der Waals surface area contributed by atoms with Crippen LogP contribution in [0.15, 0.2) is 0 Å². The van der Waals surface area contributed by atoms with Gasteiger partial charge in [0.2, 0.25) is 0 Å². The Labute approximate surface area is 84.6 Å². The zero-order valence-electron chi connectivity index (χ0n) is 8.71. The Morgan fingerprint density at radius 3 is 2.64 bits per heavy atom. The number of hydrogen-bond donors (Lipinski definition) is 2. The van der Waals surface area contributed by atoms with Crippen molar-refractivity contribution < 1.29 is 14.6 Å². The molecule has 0 aromatic carbocycles. The first kappa shape index (κ1) is 11.5. The Hall–Kier alpha value is -0.610. The fourth-order valence-electron chi connectivity index (χ4n) is 1.89. The molecule has 0 unspecified atom stereocenters. The van der Waals surface area contributed by atoms with Gasteiger partial charge >= 0.3 is 5.97 Å². The maximum Gasteiger partial charge on any atom is 0.309 e. The lowest BCUT2D eigenvalue weighted by molar-refractivity contribution is -0.152. The van der Waals surface area contributed by atoms with Crippen molar-refractivity contribution in [2.75, 3.05) is 26.3 Å². The fraction of sp³-hybridized carbons (Fsp3) is 0.900. The summed E-state index contributed by atoms with van der Waals surface area (Å²) in [5, 5.41) is 12.4. The number of carboxylic acid groups (broad SMARTS) is 1. The molecule has 1 saturated heterocycles. The van der Waals surface area contributed by atoms with E-state index in [2.05, 4.69) is 5.32 Å². The molecule has 82 valence electrons. The van der Waals surface area contributed by atoms with E-state index in [4.69, 9.17) is 4.74 Å². The van der Waals surface area contributed by atoms with Gasteiger partial charge in [0, 0.05) is 13.2 Å². The first-order chi connectivity index (χ1) is 6.71. The van der Waals surface area contributed by atoms with Crippen LogP contribution in [0.2, 0.25) is 0 Å². The SMILES string of the molecule is CCOCCC1(C(=O)O)CCNCC1. The minimum Gasteiger partial charge on any atom is -0.481 e. The third-order valence-corrected chi connectivity index (χ3v) is 2.94. The van der Waals surface area contributed by atoms with E-state index in [1.165, 1.54) is 0 Å². The maximum absolute atomic E-state index is 11.2. The number of aliphatic carboxylic acids is 1. The highest BCUT2D eigenvalue weighted by atomic mass is 16.5. The van der Waals surface area contributed by atoms with Gasteiger partial charge in [-0.1, -0.05) is 0 Å². The molecule has 14 heavy (non-hydrogen) atoms. The predicted octanol–water partition coefficient (Wildman–Crippen LogP) is 0.867. The number of ether oxygens (including phenoxy) is 1. The predicted molar refractivity (Wildman–Crippen MR) is 53.3 cm³/mol. The Morgan fingerprint density at radius 2 is 2.14 bits per heavy atom. The molecule has 0 radical (unpaired) electrons. The maximum atomic E-state index is 11.2. The van der Waals surface area contributed by atoms with Crippen molar-refractivity contribution in [3.63, 3.8) is 0 Å². The third-order valence-electron chi connectivity index (χ3n) is 2.94. The molecule has 0 spiro atoms. The summed E-state index contributed by atoms with van der Waals surface area (Å²) >= 11 is 0. The summed E-state index contributed by atoms with van der Waals surface area (Å²) in [4.78, 5) is 11.2. The number of rotatable bonds is 5. The number of hydrogen-bond acceptors (Lipinski definition) is 3. The van der Waals surface area contributed by atoms with Crippen LogP contribution in [0.25, 0.3) is 0 Å². The summed E-state index contributed by atoms with van der Waals surface area (Å²) < 4.78 is 5.23. The van der Waals surface area contributed by atoms with Gasteiger partial charge in [-0.15, -0.1) is 0 Å². The van der Waals surface area contributed by atoms with Gasteiger partial charge in [-0.05, 0) is 39.3 Å². The molecular weight excluding hydrogens is 182 g/mol. The largest absolute Gasteiger partial charge is 0.481 e. The van der Waals surface area contributed by atoms with Gasteiger partial charge in [-0.25, -0.2) is 0 Å². The second kappa shape index (κ2) is 5.32. The molecule has 0 aliphatic carbocycles. The lowest BCUT2D eigenvalue weighted by Gasteiger charge is -2.33. The topological polar surface area (TPSA) is 58.6 Å². The van der Waals surface area contributed by atoms with E-state index in [9.17, 15) is 9.90 Å². The molecule has 4 heteroatoms. The molecule has 0 aromatic rings. The van der Waals surface area contributed by atoms with E-state index in [1.807, 2.05) is 6.92 Å². The van der Waals surface area contributed by atoms with Crippen LogP contribution in [0.3, 0.4) is 0 Å². The van der Waals surface area contributed by atoms with Crippen LogP contribution in [0, 0.1) is 5.41 Å². The van der Waals surface area contributed by atoms with E-state index in [0.29, 0.717) is 19.6 Å². The average molecular weight is 201 g/mol. The van der Waals surface area contributed by atoms with E-state index >= 15 is 0 Å². The summed E-state index contributed by atoms with van der Waals surface area (Å²) in [6, 6.07) is 0. The highest BCUT2D eigenvalue weighted by Gasteiger charge is 2.38. The average Bonchev–Trinajstić information content (AvgIpc) is 2.19. The monoisotopic (exact) mass is 201 g/mol. The van der Waals surface area contributed by atoms with E-state index in [-0.39, 0.29) is 0 Å². The van der Waals surface area contributed by atoms with Crippen molar-refractivity contribution in [1.29, 1.82) is 0 Å². The van der Waals surface area contributed by atoms with E-state index in [1.54, 1.807) is 0 Å². The lowest BCUT2D eigenvalue weighted by Crippen LogP contribution is -2.42. The smallest absolute Gasteiger partial charge is 0.309 e. The quantitative estimate of drug-likeness (QED) is 0.648. The van der Waals surface area contributed by atoms with Gasteiger partial charge in [0.15, 0.2) is 0 Å². The highest BCUT2D eigenvalue weighted by molar-refractivity contribution is 5.74. The van der Waals surface area contributed by atoms with Gasteiger partial charge in [-0.3, -0.25) is 4.79 Å². The van der Waals surface area contributed by atoms with Crippen LogP contribution >= 0.6 is 0 Å². The standard InChI is InChI=1S/C10H19NO3/c1-2-14-8-5-10(9(12)13)3-6-11-7-4-10/h11H,2-8H2,1H3,(H,12,13). The molecule has 0 bridgehead atoms. The molecule has 4 nitrogen and oxygen atoms in total. The van der Waals surface area contributed by atoms with Gasteiger partial charge < -0.3 is 15.2 Å². The molecule has 1 fully saturated rings. The minimum absolute atomic E-state index is 0.541. The Kier molecular flexibility index (Phi) is 4.35. The second-order valence-corrected chi connectivity index (χ2v) is 3.78. The summed E-state index contributed by atoms with van der Waals surface area (Å²) in [6.07, 6.45) is 2.07. The van der Waals surface area contributed by atoms with Crippen molar-refractivity contribution in [3.05, 3.63) is 0 Å². The molecule has 0 amide bonds. The van der Waals surface area contributed by atoms with Crippen molar-refractivity contribution >= 4 is 5.97 Å². The molecule has 1 rings (SSSR count). The number of nitrogens with one attached hydrogen (secondary N) is 1. The molecule has 2 N–H and O–H groups in total. The van der Waals surface area contributed by atoms with E-state index in [0.717, 1.165) is 25.9 Å². The second-order valence-electron chi connectivity index (χ2n) is 3.78. The molecule has 1 aliphatic rings. The van der Waals surface area contributed by atoms with Gasteiger partial charge in [0.1, 0.15) is 0 Å². The van der Waals surface area contributed by atoms with Crippen LogP contribution in [0.5, 0.6) is 0 Å². The number of carboxylic acids is 1. The van der Waals surface area contributed by atoms with Crippen LogP contribution in [0.1, 0.15) is 26.2 Å². The highest BCUT2D eigenvalue weighted by Crippen LogP contribution is 2.32. The van der Waals surface area contributed by atoms with Crippen molar-refractivity contribution in [1.82, 2.24) is 5.32 Å². The minimum atomic E-state index is -0.668. The van der Waals surface area contributed by atoms with E-state index < -0.39 is 11.4 Å². The summed E-state index contributed by atoms with van der Waals surface area (Å²) in [5.74, 6) is -0.668.